The Morgan fingerprint density at radius 1 is 1.09 bits per heavy atom. The number of piperidine rings is 1. The number of aromatic nitrogens is 2. The van der Waals surface area contributed by atoms with Crippen LogP contribution in [0.3, 0.4) is 0 Å². The van der Waals surface area contributed by atoms with Crippen LogP contribution >= 0.6 is 24.0 Å². The van der Waals surface area contributed by atoms with Gasteiger partial charge in [-0.05, 0) is 57.1 Å². The van der Waals surface area contributed by atoms with Gasteiger partial charge in [-0.1, -0.05) is 18.5 Å². The molecule has 1 aromatic carbocycles. The van der Waals surface area contributed by atoms with Crippen molar-refractivity contribution in [3.05, 3.63) is 33.2 Å². The molecule has 10 heteroatoms. The molecule has 1 aromatic heterocycles. The summed E-state index contributed by atoms with van der Waals surface area (Å²) in [6.45, 7) is 4.71. The lowest BCUT2D eigenvalue weighted by Crippen LogP contribution is -2.45. The molecule has 4 rings (SSSR count). The van der Waals surface area contributed by atoms with Gasteiger partial charge in [0.25, 0.3) is 0 Å². The summed E-state index contributed by atoms with van der Waals surface area (Å²) in [6, 6.07) is 2.70. The zero-order valence-electron chi connectivity index (χ0n) is 18.1. The average molecular weight is 496 g/mol. The highest BCUT2D eigenvalue weighted by Crippen LogP contribution is 2.38. The first-order chi connectivity index (χ1) is 14.8. The summed E-state index contributed by atoms with van der Waals surface area (Å²) in [6.07, 6.45) is 2.88. The predicted molar refractivity (Wildman–Crippen MR) is 122 cm³/mol. The van der Waals surface area contributed by atoms with E-state index < -0.39 is 11.7 Å². The van der Waals surface area contributed by atoms with Crippen LogP contribution in [0, 0.1) is 0 Å². The highest BCUT2D eigenvalue weighted by atomic mass is 35.5. The van der Waals surface area contributed by atoms with Crippen LogP contribution in [0.25, 0.3) is 11.0 Å². The van der Waals surface area contributed by atoms with Gasteiger partial charge >= 0.3 is 11.9 Å². The van der Waals surface area contributed by atoms with Crippen molar-refractivity contribution in [3.8, 4) is 0 Å². The predicted octanol–water partition coefficient (Wildman–Crippen LogP) is 5.80. The maximum absolute atomic E-state index is 13.1. The van der Waals surface area contributed by atoms with Gasteiger partial charge in [0.15, 0.2) is 0 Å². The summed E-state index contributed by atoms with van der Waals surface area (Å²) in [5.74, 6) is 0. The number of rotatable bonds is 5. The molecule has 32 heavy (non-hydrogen) atoms. The first-order valence-electron chi connectivity index (χ1n) is 11.1. The van der Waals surface area contributed by atoms with Crippen molar-refractivity contribution in [1.82, 2.24) is 14.5 Å². The van der Waals surface area contributed by atoms with Crippen LogP contribution in [-0.2, 0) is 10.9 Å². The molecular formula is C22H30Cl2F3N3O2. The van der Waals surface area contributed by atoms with Crippen LogP contribution in [0.5, 0.6) is 0 Å². The summed E-state index contributed by atoms with van der Waals surface area (Å²) < 4.78 is 46.9. The van der Waals surface area contributed by atoms with Crippen molar-refractivity contribution >= 4 is 35.0 Å². The second kappa shape index (κ2) is 10.4. The van der Waals surface area contributed by atoms with E-state index in [4.69, 9.17) is 16.3 Å². The maximum atomic E-state index is 13.1. The summed E-state index contributed by atoms with van der Waals surface area (Å²) in [5, 5.41) is -0.382. The van der Waals surface area contributed by atoms with Crippen LogP contribution in [-0.4, -0.2) is 46.3 Å². The number of benzene rings is 1. The molecule has 180 valence electrons. The quantitative estimate of drug-likeness (QED) is 0.570. The zero-order chi connectivity index (χ0) is 22.2. The number of H-pyrrole nitrogens is 1. The van der Waals surface area contributed by atoms with Gasteiger partial charge in [0.2, 0.25) is 0 Å². The molecule has 1 saturated heterocycles. The second-order valence-corrected chi connectivity index (χ2v) is 9.12. The molecule has 0 radical (unpaired) electrons. The van der Waals surface area contributed by atoms with Crippen molar-refractivity contribution in [1.29, 1.82) is 0 Å². The Balaban J connectivity index is 0.00000289. The topological polar surface area (TPSA) is 50.3 Å². The fourth-order valence-corrected chi connectivity index (χ4v) is 5.36. The molecule has 2 fully saturated rings. The number of fused-ring (bicyclic) bond motifs is 1. The van der Waals surface area contributed by atoms with E-state index in [-0.39, 0.29) is 34.7 Å². The minimum absolute atomic E-state index is 0. The fraction of sp³-hybridized carbons (Fsp3) is 0.682. The Labute approximate surface area is 196 Å². The second-order valence-electron chi connectivity index (χ2n) is 8.72. The van der Waals surface area contributed by atoms with E-state index >= 15 is 0 Å². The van der Waals surface area contributed by atoms with Gasteiger partial charge in [0.05, 0.1) is 27.7 Å². The van der Waals surface area contributed by atoms with E-state index in [2.05, 4.69) is 16.8 Å². The molecule has 1 aliphatic heterocycles. The van der Waals surface area contributed by atoms with E-state index in [1.165, 1.54) is 6.07 Å². The van der Waals surface area contributed by atoms with Crippen molar-refractivity contribution < 1.29 is 17.9 Å². The molecule has 0 unspecified atom stereocenters. The molecular weight excluding hydrogens is 466 g/mol. The third-order valence-corrected chi connectivity index (χ3v) is 7.01. The minimum atomic E-state index is -4.56. The Morgan fingerprint density at radius 3 is 2.34 bits per heavy atom. The highest BCUT2D eigenvalue weighted by molar-refractivity contribution is 6.32. The van der Waals surface area contributed by atoms with Crippen molar-refractivity contribution in [2.75, 3.05) is 19.7 Å². The third-order valence-electron chi connectivity index (χ3n) is 6.69. The molecule has 1 aliphatic carbocycles. The summed E-state index contributed by atoms with van der Waals surface area (Å²) in [5.41, 5.74) is -0.689. The Hall–Kier alpha value is -1.22. The van der Waals surface area contributed by atoms with E-state index in [0.29, 0.717) is 17.7 Å². The molecule has 1 N–H and O–H groups in total. The van der Waals surface area contributed by atoms with E-state index in [1.54, 1.807) is 4.57 Å². The number of ether oxygens (including phenoxy) is 1. The number of halogens is 5. The number of nitrogens with zero attached hydrogens (tertiary/aromatic N) is 2. The Bertz CT molecular complexity index is 960. The van der Waals surface area contributed by atoms with Crippen molar-refractivity contribution in [2.24, 2.45) is 0 Å². The summed E-state index contributed by atoms with van der Waals surface area (Å²) in [7, 11) is 0. The van der Waals surface area contributed by atoms with E-state index in [9.17, 15) is 18.0 Å². The van der Waals surface area contributed by atoms with Gasteiger partial charge < -0.3 is 14.6 Å². The van der Waals surface area contributed by atoms with Crippen LogP contribution in [0.1, 0.15) is 63.5 Å². The summed E-state index contributed by atoms with van der Waals surface area (Å²) in [4.78, 5) is 17.7. The van der Waals surface area contributed by atoms with Crippen LogP contribution in [0.4, 0.5) is 13.2 Å². The first-order valence-corrected chi connectivity index (χ1v) is 11.5. The number of imidazole rings is 1. The number of aromatic amines is 1. The number of hydrogen-bond donors (Lipinski definition) is 1. The number of likely N-dealkylation sites (tertiary alicyclic amines) is 1. The largest absolute Gasteiger partial charge is 0.417 e. The van der Waals surface area contributed by atoms with Crippen molar-refractivity contribution in [2.45, 2.75) is 76.2 Å². The molecule has 2 aromatic rings. The molecule has 2 aliphatic rings. The number of nitrogens with one attached hydrogen (secondary N) is 1. The van der Waals surface area contributed by atoms with Crippen LogP contribution < -0.4 is 5.69 Å². The molecule has 0 spiro atoms. The maximum Gasteiger partial charge on any atom is 0.417 e. The van der Waals surface area contributed by atoms with Gasteiger partial charge in [-0.15, -0.1) is 12.4 Å². The van der Waals surface area contributed by atoms with Gasteiger partial charge in [-0.25, -0.2) is 4.79 Å². The number of alkyl halides is 3. The van der Waals surface area contributed by atoms with E-state index in [0.717, 1.165) is 70.7 Å². The molecule has 5 nitrogen and oxygen atoms in total. The number of hydrogen-bond acceptors (Lipinski definition) is 3. The van der Waals surface area contributed by atoms with E-state index in [1.807, 2.05) is 0 Å². The van der Waals surface area contributed by atoms with Gasteiger partial charge in [-0.3, -0.25) is 4.57 Å². The lowest BCUT2D eigenvalue weighted by molar-refractivity contribution is -0.137. The monoisotopic (exact) mass is 495 g/mol. The fourth-order valence-electron chi connectivity index (χ4n) is 5.10. The molecule has 1 saturated carbocycles. The first kappa shape index (κ1) is 25.4. The lowest BCUT2D eigenvalue weighted by atomic mass is 9.90. The highest BCUT2D eigenvalue weighted by Gasteiger charge is 2.35. The normalized spacial score (nSPS) is 23.4. The molecule has 2 heterocycles. The van der Waals surface area contributed by atoms with Gasteiger partial charge in [-0.2, -0.15) is 13.2 Å². The molecule has 0 bridgehead atoms. The third kappa shape index (κ3) is 5.29. The zero-order valence-corrected chi connectivity index (χ0v) is 19.7. The molecule has 0 atom stereocenters. The Morgan fingerprint density at radius 2 is 1.75 bits per heavy atom. The van der Waals surface area contributed by atoms with Crippen LogP contribution in [0.15, 0.2) is 16.9 Å². The minimum Gasteiger partial charge on any atom is -0.378 e. The summed E-state index contributed by atoms with van der Waals surface area (Å²) >= 11 is 5.91. The van der Waals surface area contributed by atoms with Gasteiger partial charge in [0, 0.05) is 31.8 Å². The lowest BCUT2D eigenvalue weighted by Gasteiger charge is -2.41. The smallest absolute Gasteiger partial charge is 0.378 e. The average Bonchev–Trinajstić information content (AvgIpc) is 3.06. The standard InChI is InChI=1S/C22H29ClF3N3O2.ClH/c1-2-11-31-16-5-3-14(4-6-16)28-9-7-15(8-10-28)29-20-13-18(23)17(22(24,25)26)12-19(20)27-21(29)30;/h12-16H,2-11H2,1H3,(H,27,30);1H. The van der Waals surface area contributed by atoms with Gasteiger partial charge in [0.1, 0.15) is 0 Å². The van der Waals surface area contributed by atoms with Crippen LogP contribution in [0.2, 0.25) is 5.02 Å². The van der Waals surface area contributed by atoms with Crippen molar-refractivity contribution in [3.63, 3.8) is 0 Å². The molecule has 0 amide bonds. The Kier molecular flexibility index (Phi) is 8.23. The SMILES string of the molecule is CCCOC1CCC(N2CCC(n3c(=O)[nH]c4cc(C(F)(F)F)c(Cl)cc43)CC2)CC1.Cl.